The molecule has 0 aliphatic heterocycles. The number of rotatable bonds is 5. The van der Waals surface area contributed by atoms with Crippen molar-refractivity contribution < 1.29 is 17.6 Å². The van der Waals surface area contributed by atoms with Crippen LogP contribution in [0.25, 0.3) is 16.8 Å². The Morgan fingerprint density at radius 2 is 1.62 bits per heavy atom. The fourth-order valence-corrected chi connectivity index (χ4v) is 2.65. The fourth-order valence-electron chi connectivity index (χ4n) is 2.65. The van der Waals surface area contributed by atoms with Crippen LogP contribution >= 0.6 is 0 Å². The third-order valence-electron chi connectivity index (χ3n) is 4.13. The van der Waals surface area contributed by atoms with E-state index in [0.29, 0.717) is 22.5 Å². The highest BCUT2D eigenvalue weighted by atomic mass is 19.4. The van der Waals surface area contributed by atoms with Crippen LogP contribution in [0.3, 0.4) is 0 Å². The van der Waals surface area contributed by atoms with Crippen molar-refractivity contribution in [3.63, 3.8) is 0 Å². The molecule has 0 amide bonds. The zero-order valence-electron chi connectivity index (χ0n) is 15.0. The Labute approximate surface area is 164 Å². The molecule has 0 fully saturated rings. The van der Waals surface area contributed by atoms with Crippen LogP contribution in [0.5, 0.6) is 0 Å². The standard InChI is InChI=1S/C20H17F4N5/c21-15-4-1-13(2-5-15)14-3-6-17(26)16(7-14)18(8-25)27-9-12-10-28-19(29-11-12)20(22,23)24/h1-8,10-11,27H,9,25-26H2/b18-8+. The topological polar surface area (TPSA) is 89.8 Å². The predicted octanol–water partition coefficient (Wildman–Crippen LogP) is 3.93. The summed E-state index contributed by atoms with van der Waals surface area (Å²) in [7, 11) is 0. The second-order valence-electron chi connectivity index (χ2n) is 6.16. The maximum absolute atomic E-state index is 13.2. The molecule has 150 valence electrons. The van der Waals surface area contributed by atoms with Crippen LogP contribution in [0.1, 0.15) is 17.0 Å². The lowest BCUT2D eigenvalue weighted by Gasteiger charge is -2.15. The SMILES string of the molecule is N/C=C(/NCc1cnc(C(F)(F)F)nc1)c1cc(-c2ccc(F)cc2)ccc1N. The van der Waals surface area contributed by atoms with Crippen molar-refractivity contribution in [2.45, 2.75) is 12.7 Å². The Kier molecular flexibility index (Phi) is 5.67. The van der Waals surface area contributed by atoms with E-state index >= 15 is 0 Å². The van der Waals surface area contributed by atoms with E-state index in [1.54, 1.807) is 30.3 Å². The van der Waals surface area contributed by atoms with E-state index in [0.717, 1.165) is 23.5 Å². The first-order chi connectivity index (χ1) is 13.8. The Morgan fingerprint density at radius 3 is 2.21 bits per heavy atom. The minimum absolute atomic E-state index is 0.140. The molecule has 1 aromatic heterocycles. The molecule has 0 radical (unpaired) electrons. The summed E-state index contributed by atoms with van der Waals surface area (Å²) in [5.74, 6) is -1.54. The summed E-state index contributed by atoms with van der Waals surface area (Å²) in [5.41, 5.74) is 15.3. The second kappa shape index (κ2) is 8.17. The van der Waals surface area contributed by atoms with Gasteiger partial charge in [-0.25, -0.2) is 14.4 Å². The van der Waals surface area contributed by atoms with Crippen molar-refractivity contribution >= 4 is 11.4 Å². The Morgan fingerprint density at radius 1 is 1.00 bits per heavy atom. The summed E-state index contributed by atoms with van der Waals surface area (Å²) < 4.78 is 50.8. The number of alkyl halides is 3. The van der Waals surface area contributed by atoms with E-state index < -0.39 is 12.0 Å². The first kappa shape index (κ1) is 20.1. The van der Waals surface area contributed by atoms with Crippen molar-refractivity contribution in [1.29, 1.82) is 0 Å². The zero-order chi connectivity index (χ0) is 21.0. The number of nitrogen functional groups attached to an aromatic ring is 1. The molecule has 2 aromatic carbocycles. The molecule has 0 saturated heterocycles. The molecule has 0 atom stereocenters. The third-order valence-corrected chi connectivity index (χ3v) is 4.13. The number of nitrogens with two attached hydrogens (primary N) is 2. The molecule has 5 nitrogen and oxygen atoms in total. The zero-order valence-corrected chi connectivity index (χ0v) is 15.0. The largest absolute Gasteiger partial charge is 0.451 e. The van der Waals surface area contributed by atoms with Gasteiger partial charge >= 0.3 is 6.18 Å². The molecule has 9 heteroatoms. The molecule has 3 rings (SSSR count). The van der Waals surface area contributed by atoms with E-state index in [1.807, 2.05) is 0 Å². The van der Waals surface area contributed by atoms with Gasteiger partial charge in [0.2, 0.25) is 5.82 Å². The van der Waals surface area contributed by atoms with Gasteiger partial charge in [-0.3, -0.25) is 0 Å². The minimum atomic E-state index is -4.59. The molecular weight excluding hydrogens is 386 g/mol. The van der Waals surface area contributed by atoms with Gasteiger partial charge < -0.3 is 16.8 Å². The van der Waals surface area contributed by atoms with E-state index in [-0.39, 0.29) is 12.4 Å². The summed E-state index contributed by atoms with van der Waals surface area (Å²) >= 11 is 0. The van der Waals surface area contributed by atoms with E-state index in [4.69, 9.17) is 11.5 Å². The van der Waals surface area contributed by atoms with E-state index in [1.165, 1.54) is 18.3 Å². The van der Waals surface area contributed by atoms with Crippen LogP contribution in [0, 0.1) is 5.82 Å². The van der Waals surface area contributed by atoms with Crippen molar-refractivity contribution in [2.24, 2.45) is 5.73 Å². The molecule has 1 heterocycles. The van der Waals surface area contributed by atoms with Gasteiger partial charge in [-0.05, 0) is 35.4 Å². The fraction of sp³-hybridized carbons (Fsp3) is 0.100. The number of anilines is 1. The molecule has 29 heavy (non-hydrogen) atoms. The Bertz CT molecular complexity index is 1010. The minimum Gasteiger partial charge on any atom is -0.403 e. The van der Waals surface area contributed by atoms with Crippen molar-refractivity contribution in [1.82, 2.24) is 15.3 Å². The molecule has 0 aliphatic rings. The quantitative estimate of drug-likeness (QED) is 0.444. The summed E-state index contributed by atoms with van der Waals surface area (Å²) in [6, 6.07) is 11.3. The lowest BCUT2D eigenvalue weighted by Crippen LogP contribution is -2.16. The maximum atomic E-state index is 13.2. The van der Waals surface area contributed by atoms with Gasteiger partial charge in [0.1, 0.15) is 5.82 Å². The smallest absolute Gasteiger partial charge is 0.403 e. The van der Waals surface area contributed by atoms with E-state index in [9.17, 15) is 17.6 Å². The molecule has 0 bridgehead atoms. The lowest BCUT2D eigenvalue weighted by molar-refractivity contribution is -0.145. The average molecular weight is 403 g/mol. The van der Waals surface area contributed by atoms with Gasteiger partial charge in [-0.2, -0.15) is 13.2 Å². The number of nitrogens with one attached hydrogen (secondary N) is 1. The Balaban J connectivity index is 1.79. The van der Waals surface area contributed by atoms with Crippen LogP contribution < -0.4 is 16.8 Å². The molecule has 0 unspecified atom stereocenters. The normalized spacial score (nSPS) is 12.1. The second-order valence-corrected chi connectivity index (χ2v) is 6.16. The highest BCUT2D eigenvalue weighted by molar-refractivity contribution is 5.79. The highest BCUT2D eigenvalue weighted by Gasteiger charge is 2.34. The molecular formula is C20H17F4N5. The highest BCUT2D eigenvalue weighted by Crippen LogP contribution is 2.28. The van der Waals surface area contributed by atoms with Crippen molar-refractivity contribution in [3.05, 3.63) is 83.8 Å². The van der Waals surface area contributed by atoms with Gasteiger partial charge in [0.15, 0.2) is 0 Å². The molecule has 3 aromatic rings. The van der Waals surface area contributed by atoms with Gasteiger partial charge in [-0.15, -0.1) is 0 Å². The van der Waals surface area contributed by atoms with Gasteiger partial charge in [0.25, 0.3) is 0 Å². The summed E-state index contributed by atoms with van der Waals surface area (Å²) in [6.07, 6.45) is -1.10. The van der Waals surface area contributed by atoms with Crippen LogP contribution in [0.4, 0.5) is 23.2 Å². The van der Waals surface area contributed by atoms with Crippen LogP contribution in [-0.2, 0) is 12.7 Å². The van der Waals surface area contributed by atoms with Crippen LogP contribution in [0.2, 0.25) is 0 Å². The number of hydrogen-bond donors (Lipinski definition) is 3. The third kappa shape index (κ3) is 4.81. The lowest BCUT2D eigenvalue weighted by atomic mass is 10.0. The number of hydrogen-bond acceptors (Lipinski definition) is 5. The maximum Gasteiger partial charge on any atom is 0.451 e. The van der Waals surface area contributed by atoms with Crippen LogP contribution in [-0.4, -0.2) is 9.97 Å². The van der Waals surface area contributed by atoms with Gasteiger partial charge in [0, 0.05) is 42.0 Å². The average Bonchev–Trinajstić information content (AvgIpc) is 2.70. The number of benzene rings is 2. The summed E-state index contributed by atoms with van der Waals surface area (Å²) in [5, 5.41) is 3.02. The predicted molar refractivity (Wildman–Crippen MR) is 102 cm³/mol. The first-order valence-electron chi connectivity index (χ1n) is 8.47. The van der Waals surface area contributed by atoms with Crippen LogP contribution in [0.15, 0.2) is 61.1 Å². The monoisotopic (exact) mass is 403 g/mol. The summed E-state index contributed by atoms with van der Waals surface area (Å²) in [4.78, 5) is 6.65. The van der Waals surface area contributed by atoms with Gasteiger partial charge in [-0.1, -0.05) is 18.2 Å². The summed E-state index contributed by atoms with van der Waals surface area (Å²) in [6.45, 7) is 0.140. The molecule has 0 spiro atoms. The molecule has 5 N–H and O–H groups in total. The Hall–Kier alpha value is -3.62. The van der Waals surface area contributed by atoms with E-state index in [2.05, 4.69) is 15.3 Å². The number of halogens is 4. The number of aromatic nitrogens is 2. The first-order valence-corrected chi connectivity index (χ1v) is 8.47. The van der Waals surface area contributed by atoms with Gasteiger partial charge in [0.05, 0.1) is 5.70 Å². The number of nitrogens with zero attached hydrogens (tertiary/aromatic N) is 2. The molecule has 0 aliphatic carbocycles. The van der Waals surface area contributed by atoms with Crippen molar-refractivity contribution in [3.8, 4) is 11.1 Å². The van der Waals surface area contributed by atoms with Crippen molar-refractivity contribution in [2.75, 3.05) is 5.73 Å². The molecule has 0 saturated carbocycles.